The average Bonchev–Trinajstić information content (AvgIpc) is 2.91. The second-order valence-electron chi connectivity index (χ2n) is 4.40. The van der Waals surface area contributed by atoms with Crippen LogP contribution in [0.25, 0.3) is 4.96 Å². The van der Waals surface area contributed by atoms with Crippen molar-refractivity contribution in [1.29, 1.82) is 0 Å². The van der Waals surface area contributed by atoms with Gasteiger partial charge in [-0.15, -0.1) is 11.3 Å². The number of hydrogen-bond donors (Lipinski definition) is 1. The Bertz CT molecular complexity index is 901. The number of hydrogen-bond acceptors (Lipinski definition) is 4. The van der Waals surface area contributed by atoms with Crippen LogP contribution in [0.1, 0.15) is 16.1 Å². The van der Waals surface area contributed by atoms with E-state index < -0.39 is 0 Å². The van der Waals surface area contributed by atoms with Crippen molar-refractivity contribution in [3.05, 3.63) is 61.9 Å². The summed E-state index contributed by atoms with van der Waals surface area (Å²) >= 11 is 4.69. The quantitative estimate of drug-likeness (QED) is 0.760. The monoisotopic (exact) mass is 363 g/mol. The molecule has 0 saturated carbocycles. The summed E-state index contributed by atoms with van der Waals surface area (Å²) in [4.78, 5) is 29.5. The lowest BCUT2D eigenvalue weighted by Gasteiger charge is -2.07. The standard InChI is InChI=1S/C14H10BrN3O2S/c1-8-11(13(20)18-5-6-21-14(18)16-8)17-12(19)9-3-2-4-10(15)7-9/h2-7H,1H3,(H,17,19). The third-order valence-corrected chi connectivity index (χ3v) is 4.22. The zero-order valence-corrected chi connectivity index (χ0v) is 13.4. The molecule has 3 rings (SSSR count). The predicted octanol–water partition coefficient (Wildman–Crippen LogP) is 3.08. The summed E-state index contributed by atoms with van der Waals surface area (Å²) < 4.78 is 2.23. The molecule has 106 valence electrons. The zero-order chi connectivity index (χ0) is 15.0. The first-order valence-corrected chi connectivity index (χ1v) is 7.77. The molecule has 0 saturated heterocycles. The molecule has 0 spiro atoms. The predicted molar refractivity (Wildman–Crippen MR) is 86.2 cm³/mol. The maximum absolute atomic E-state index is 12.3. The molecule has 0 fully saturated rings. The molecule has 2 heterocycles. The lowest BCUT2D eigenvalue weighted by atomic mass is 10.2. The molecule has 2 aromatic heterocycles. The van der Waals surface area contributed by atoms with E-state index in [9.17, 15) is 9.59 Å². The topological polar surface area (TPSA) is 63.5 Å². The number of thiazole rings is 1. The number of benzene rings is 1. The smallest absolute Gasteiger partial charge is 0.282 e. The van der Waals surface area contributed by atoms with Crippen LogP contribution in [0, 0.1) is 6.92 Å². The lowest BCUT2D eigenvalue weighted by molar-refractivity contribution is 0.102. The Morgan fingerprint density at radius 3 is 3.00 bits per heavy atom. The van der Waals surface area contributed by atoms with Crippen molar-refractivity contribution < 1.29 is 4.79 Å². The van der Waals surface area contributed by atoms with Gasteiger partial charge in [-0.25, -0.2) is 4.98 Å². The summed E-state index contributed by atoms with van der Waals surface area (Å²) in [7, 11) is 0. The van der Waals surface area contributed by atoms with Crippen molar-refractivity contribution in [3.8, 4) is 0 Å². The number of rotatable bonds is 2. The van der Waals surface area contributed by atoms with Gasteiger partial charge in [-0.1, -0.05) is 22.0 Å². The number of carbonyl (C=O) groups excluding carboxylic acids is 1. The van der Waals surface area contributed by atoms with Crippen LogP contribution in [0.3, 0.4) is 0 Å². The van der Waals surface area contributed by atoms with Gasteiger partial charge in [0.25, 0.3) is 11.5 Å². The van der Waals surface area contributed by atoms with Crippen LogP contribution in [0.2, 0.25) is 0 Å². The van der Waals surface area contributed by atoms with Crippen LogP contribution >= 0.6 is 27.3 Å². The number of halogens is 1. The Kier molecular flexibility index (Phi) is 3.60. The van der Waals surface area contributed by atoms with E-state index >= 15 is 0 Å². The summed E-state index contributed by atoms with van der Waals surface area (Å²) in [6, 6.07) is 6.97. The molecule has 1 N–H and O–H groups in total. The van der Waals surface area contributed by atoms with Crippen LogP contribution in [0.4, 0.5) is 5.69 Å². The van der Waals surface area contributed by atoms with Crippen molar-refractivity contribution in [2.75, 3.05) is 5.32 Å². The van der Waals surface area contributed by atoms with E-state index in [2.05, 4.69) is 26.2 Å². The molecule has 0 aliphatic carbocycles. The minimum atomic E-state index is -0.339. The summed E-state index contributed by atoms with van der Waals surface area (Å²) in [5.74, 6) is -0.339. The number of fused-ring (bicyclic) bond motifs is 1. The van der Waals surface area contributed by atoms with E-state index in [-0.39, 0.29) is 17.2 Å². The van der Waals surface area contributed by atoms with Crippen molar-refractivity contribution in [3.63, 3.8) is 0 Å². The van der Waals surface area contributed by atoms with Crippen LogP contribution < -0.4 is 10.9 Å². The molecule has 3 aromatic rings. The van der Waals surface area contributed by atoms with Gasteiger partial charge in [-0.05, 0) is 25.1 Å². The van der Waals surface area contributed by atoms with Gasteiger partial charge in [0.1, 0.15) is 5.69 Å². The molecule has 0 aliphatic rings. The van der Waals surface area contributed by atoms with Crippen molar-refractivity contribution in [1.82, 2.24) is 9.38 Å². The first-order chi connectivity index (χ1) is 10.1. The Labute approximate surface area is 132 Å². The fourth-order valence-electron chi connectivity index (χ4n) is 1.94. The van der Waals surface area contributed by atoms with Gasteiger partial charge in [-0.3, -0.25) is 14.0 Å². The molecule has 0 atom stereocenters. The number of carbonyl (C=O) groups is 1. The van der Waals surface area contributed by atoms with Crippen molar-refractivity contribution in [2.45, 2.75) is 6.92 Å². The Balaban J connectivity index is 2.02. The number of nitrogens with one attached hydrogen (secondary N) is 1. The molecule has 0 bridgehead atoms. The van der Waals surface area contributed by atoms with Gasteiger partial charge in [-0.2, -0.15) is 0 Å². The number of aromatic nitrogens is 2. The van der Waals surface area contributed by atoms with Crippen molar-refractivity contribution >= 4 is 43.8 Å². The number of aryl methyl sites for hydroxylation is 1. The molecule has 21 heavy (non-hydrogen) atoms. The van der Waals surface area contributed by atoms with E-state index in [4.69, 9.17) is 0 Å². The summed E-state index contributed by atoms with van der Waals surface area (Å²) in [5, 5.41) is 4.43. The highest BCUT2D eigenvalue weighted by Crippen LogP contribution is 2.15. The number of nitrogens with zero attached hydrogens (tertiary/aromatic N) is 2. The SMILES string of the molecule is Cc1nc2sccn2c(=O)c1NC(=O)c1cccc(Br)c1. The zero-order valence-electron chi connectivity index (χ0n) is 11.0. The highest BCUT2D eigenvalue weighted by molar-refractivity contribution is 9.10. The van der Waals surface area contributed by atoms with Crippen LogP contribution in [0.5, 0.6) is 0 Å². The van der Waals surface area contributed by atoms with Crippen LogP contribution in [-0.2, 0) is 0 Å². The maximum Gasteiger partial charge on any atom is 0.282 e. The minimum Gasteiger partial charge on any atom is -0.316 e. The minimum absolute atomic E-state index is 0.205. The van der Waals surface area contributed by atoms with Gasteiger partial charge < -0.3 is 5.32 Å². The Morgan fingerprint density at radius 2 is 2.24 bits per heavy atom. The average molecular weight is 364 g/mol. The van der Waals surface area contributed by atoms with Crippen LogP contribution in [-0.4, -0.2) is 15.3 Å². The first kappa shape index (κ1) is 14.0. The van der Waals surface area contributed by atoms with Gasteiger partial charge in [0, 0.05) is 21.6 Å². The molecule has 0 aliphatic heterocycles. The largest absolute Gasteiger partial charge is 0.316 e. The molecule has 1 amide bonds. The second-order valence-corrected chi connectivity index (χ2v) is 6.19. The molecule has 1 aromatic carbocycles. The molecular formula is C14H10BrN3O2S. The van der Waals surface area contributed by atoms with Gasteiger partial charge in [0.05, 0.1) is 5.69 Å². The third kappa shape index (κ3) is 2.62. The second kappa shape index (κ2) is 5.42. The lowest BCUT2D eigenvalue weighted by Crippen LogP contribution is -2.24. The fraction of sp³-hybridized carbons (Fsp3) is 0.0714. The van der Waals surface area contributed by atoms with Gasteiger partial charge >= 0.3 is 0 Å². The van der Waals surface area contributed by atoms with E-state index in [1.165, 1.54) is 15.7 Å². The molecule has 7 heteroatoms. The Morgan fingerprint density at radius 1 is 1.43 bits per heavy atom. The maximum atomic E-state index is 12.3. The van der Waals surface area contributed by atoms with E-state index in [1.54, 1.807) is 36.7 Å². The van der Waals surface area contributed by atoms with Crippen molar-refractivity contribution in [2.24, 2.45) is 0 Å². The molecule has 0 unspecified atom stereocenters. The van der Waals surface area contributed by atoms with E-state index in [1.807, 2.05) is 6.07 Å². The van der Waals surface area contributed by atoms with E-state index in [0.29, 0.717) is 16.2 Å². The molecule has 0 radical (unpaired) electrons. The van der Waals surface area contributed by atoms with Crippen LogP contribution in [0.15, 0.2) is 45.1 Å². The molecular weight excluding hydrogens is 354 g/mol. The number of anilines is 1. The molecule has 5 nitrogen and oxygen atoms in total. The highest BCUT2D eigenvalue weighted by Gasteiger charge is 2.14. The highest BCUT2D eigenvalue weighted by atomic mass is 79.9. The Hall–Kier alpha value is -1.99. The third-order valence-electron chi connectivity index (χ3n) is 2.97. The normalized spacial score (nSPS) is 10.8. The number of amides is 1. The van der Waals surface area contributed by atoms with E-state index in [0.717, 1.165) is 4.47 Å². The van der Waals surface area contributed by atoms with Gasteiger partial charge in [0.2, 0.25) is 0 Å². The van der Waals surface area contributed by atoms with Gasteiger partial charge in [0.15, 0.2) is 4.96 Å². The summed E-state index contributed by atoms with van der Waals surface area (Å²) in [5.41, 5.74) is 0.905. The first-order valence-electron chi connectivity index (χ1n) is 6.09. The summed E-state index contributed by atoms with van der Waals surface area (Å²) in [6.45, 7) is 1.71. The fourth-order valence-corrected chi connectivity index (χ4v) is 3.09. The summed E-state index contributed by atoms with van der Waals surface area (Å²) in [6.07, 6.45) is 1.64.